The van der Waals surface area contributed by atoms with Gasteiger partial charge < -0.3 is 5.32 Å². The summed E-state index contributed by atoms with van der Waals surface area (Å²) in [6.45, 7) is 0.750. The van der Waals surface area contributed by atoms with Gasteiger partial charge in [0.1, 0.15) is 5.82 Å². The van der Waals surface area contributed by atoms with Crippen LogP contribution < -0.4 is 5.32 Å². The summed E-state index contributed by atoms with van der Waals surface area (Å²) in [5, 5.41) is 8.47. The van der Waals surface area contributed by atoms with Gasteiger partial charge in [0.15, 0.2) is 0 Å². The van der Waals surface area contributed by atoms with Crippen LogP contribution in [0.3, 0.4) is 0 Å². The van der Waals surface area contributed by atoms with E-state index in [9.17, 15) is 13.2 Å². The summed E-state index contributed by atoms with van der Waals surface area (Å²) < 4.78 is 42.3. The van der Waals surface area contributed by atoms with E-state index in [1.165, 1.54) is 12.1 Å². The maximum atomic E-state index is 13.6. The summed E-state index contributed by atoms with van der Waals surface area (Å²) in [5.41, 5.74) is 1.32. The Bertz CT molecular complexity index is 979. The first-order valence-corrected chi connectivity index (χ1v) is 9.11. The van der Waals surface area contributed by atoms with Gasteiger partial charge in [0, 0.05) is 22.7 Å². The molecule has 2 heterocycles. The lowest BCUT2D eigenvalue weighted by molar-refractivity contribution is -0.137. The van der Waals surface area contributed by atoms with Crippen LogP contribution in [0.1, 0.15) is 24.0 Å². The first-order chi connectivity index (χ1) is 12.9. The molecule has 0 bridgehead atoms. The molecule has 0 atom stereocenters. The molecule has 4 rings (SSSR count). The van der Waals surface area contributed by atoms with E-state index in [-0.39, 0.29) is 5.56 Å². The first-order valence-electron chi connectivity index (χ1n) is 8.73. The number of anilines is 1. The molecule has 0 saturated carbocycles. The van der Waals surface area contributed by atoms with Gasteiger partial charge in [-0.2, -0.15) is 18.3 Å². The molecule has 7 heteroatoms. The van der Waals surface area contributed by atoms with Gasteiger partial charge in [-0.15, -0.1) is 0 Å². The molecule has 2 aromatic carbocycles. The molecule has 1 aliphatic heterocycles. The molecule has 0 radical (unpaired) electrons. The normalized spacial score (nSPS) is 14.4. The van der Waals surface area contributed by atoms with Crippen molar-refractivity contribution in [3.63, 3.8) is 0 Å². The third kappa shape index (κ3) is 3.41. The average molecular weight is 392 g/mol. The summed E-state index contributed by atoms with van der Waals surface area (Å²) in [4.78, 5) is 0. The smallest absolute Gasteiger partial charge is 0.370 e. The van der Waals surface area contributed by atoms with Gasteiger partial charge in [-0.25, -0.2) is 4.68 Å². The Balaban J connectivity index is 1.96. The molecular formula is C20H17ClF3N3. The SMILES string of the molecule is FC(F)(F)c1ccccc1-c1nn(-c2cccc(Cl)c2)c2c1CCCCN2. The van der Waals surface area contributed by atoms with E-state index in [2.05, 4.69) is 10.4 Å². The van der Waals surface area contributed by atoms with Crippen molar-refractivity contribution in [2.75, 3.05) is 11.9 Å². The van der Waals surface area contributed by atoms with E-state index < -0.39 is 11.7 Å². The zero-order chi connectivity index (χ0) is 19.0. The lowest BCUT2D eigenvalue weighted by Gasteiger charge is -2.12. The van der Waals surface area contributed by atoms with E-state index in [4.69, 9.17) is 11.6 Å². The first kappa shape index (κ1) is 17.9. The molecule has 3 aromatic rings. The maximum absolute atomic E-state index is 13.6. The standard InChI is InChI=1S/C20H17ClF3N3/c21-13-6-5-7-14(12-13)27-19-16(9-3-4-11-25-19)18(26-27)15-8-1-2-10-17(15)20(22,23)24/h1-2,5-8,10,12,25H,3-4,9,11H2. The van der Waals surface area contributed by atoms with Crippen LogP contribution in [0.4, 0.5) is 19.0 Å². The molecule has 0 unspecified atom stereocenters. The fourth-order valence-electron chi connectivity index (χ4n) is 3.45. The number of halogens is 4. The number of alkyl halides is 3. The van der Waals surface area contributed by atoms with Crippen LogP contribution >= 0.6 is 11.6 Å². The second-order valence-electron chi connectivity index (χ2n) is 6.49. The summed E-state index contributed by atoms with van der Waals surface area (Å²) >= 11 is 6.11. The zero-order valence-corrected chi connectivity index (χ0v) is 15.1. The van der Waals surface area contributed by atoms with Crippen molar-refractivity contribution in [2.45, 2.75) is 25.4 Å². The molecule has 27 heavy (non-hydrogen) atoms. The average Bonchev–Trinajstić information content (AvgIpc) is 2.82. The van der Waals surface area contributed by atoms with Crippen molar-refractivity contribution in [1.82, 2.24) is 9.78 Å². The van der Waals surface area contributed by atoms with E-state index >= 15 is 0 Å². The van der Waals surface area contributed by atoms with Crippen molar-refractivity contribution >= 4 is 17.4 Å². The highest BCUT2D eigenvalue weighted by Gasteiger charge is 2.35. The van der Waals surface area contributed by atoms with Crippen LogP contribution in [0.5, 0.6) is 0 Å². The molecule has 3 nitrogen and oxygen atoms in total. The topological polar surface area (TPSA) is 29.9 Å². The maximum Gasteiger partial charge on any atom is 0.417 e. The van der Waals surface area contributed by atoms with Crippen LogP contribution in [0.2, 0.25) is 5.02 Å². The summed E-state index contributed by atoms with van der Waals surface area (Å²) in [6.07, 6.45) is -1.93. The lowest BCUT2D eigenvalue weighted by Crippen LogP contribution is -2.08. The van der Waals surface area contributed by atoms with Gasteiger partial charge in [-0.05, 0) is 43.5 Å². The number of hydrogen-bond acceptors (Lipinski definition) is 2. The van der Waals surface area contributed by atoms with E-state index in [0.717, 1.165) is 36.8 Å². The van der Waals surface area contributed by atoms with Crippen LogP contribution in [0, 0.1) is 0 Å². The molecule has 1 N–H and O–H groups in total. The Morgan fingerprint density at radius 2 is 1.85 bits per heavy atom. The van der Waals surface area contributed by atoms with Gasteiger partial charge in [0.2, 0.25) is 0 Å². The second kappa shape index (κ2) is 6.93. The Hall–Kier alpha value is -2.47. The Morgan fingerprint density at radius 1 is 1.04 bits per heavy atom. The molecule has 0 aliphatic carbocycles. The second-order valence-corrected chi connectivity index (χ2v) is 6.93. The number of aromatic nitrogens is 2. The van der Waals surface area contributed by atoms with Gasteiger partial charge in [0.25, 0.3) is 0 Å². The molecule has 1 aliphatic rings. The largest absolute Gasteiger partial charge is 0.417 e. The van der Waals surface area contributed by atoms with Crippen LogP contribution in [0.25, 0.3) is 16.9 Å². The fraction of sp³-hybridized carbons (Fsp3) is 0.250. The van der Waals surface area contributed by atoms with Crippen molar-refractivity contribution < 1.29 is 13.2 Å². The molecule has 0 fully saturated rings. The molecule has 140 valence electrons. The minimum Gasteiger partial charge on any atom is -0.370 e. The summed E-state index contributed by atoms with van der Waals surface area (Å²) in [6, 6.07) is 12.7. The number of fused-ring (bicyclic) bond motifs is 1. The van der Waals surface area contributed by atoms with Gasteiger partial charge in [0.05, 0.1) is 16.9 Å². The van der Waals surface area contributed by atoms with Crippen LogP contribution in [-0.2, 0) is 12.6 Å². The monoisotopic (exact) mass is 391 g/mol. The van der Waals surface area contributed by atoms with Gasteiger partial charge >= 0.3 is 6.18 Å². The Kier molecular flexibility index (Phi) is 4.60. The molecular weight excluding hydrogens is 375 g/mol. The quantitative estimate of drug-likeness (QED) is 0.584. The van der Waals surface area contributed by atoms with Crippen molar-refractivity contribution in [2.24, 2.45) is 0 Å². The number of nitrogens with zero attached hydrogens (tertiary/aromatic N) is 2. The predicted molar refractivity (Wildman–Crippen MR) is 100 cm³/mol. The zero-order valence-electron chi connectivity index (χ0n) is 14.4. The molecule has 0 saturated heterocycles. The molecule has 0 spiro atoms. The Labute approximate surface area is 159 Å². The number of benzene rings is 2. The minimum absolute atomic E-state index is 0.103. The van der Waals surface area contributed by atoms with Crippen LogP contribution in [-0.4, -0.2) is 16.3 Å². The van der Waals surface area contributed by atoms with Gasteiger partial charge in [-0.3, -0.25) is 0 Å². The van der Waals surface area contributed by atoms with E-state index in [1.807, 2.05) is 6.07 Å². The minimum atomic E-state index is -4.44. The van der Waals surface area contributed by atoms with Crippen molar-refractivity contribution in [3.8, 4) is 16.9 Å². The van der Waals surface area contributed by atoms with Crippen molar-refractivity contribution in [3.05, 3.63) is 64.7 Å². The fourth-order valence-corrected chi connectivity index (χ4v) is 3.63. The lowest BCUT2D eigenvalue weighted by atomic mass is 9.99. The van der Waals surface area contributed by atoms with Gasteiger partial charge in [-0.1, -0.05) is 35.9 Å². The number of nitrogens with one attached hydrogen (secondary N) is 1. The predicted octanol–water partition coefficient (Wildman–Crippen LogP) is 5.96. The molecule has 1 aromatic heterocycles. The number of hydrogen-bond donors (Lipinski definition) is 1. The third-order valence-electron chi connectivity index (χ3n) is 4.67. The highest BCUT2D eigenvalue weighted by Crippen LogP contribution is 2.40. The van der Waals surface area contributed by atoms with E-state index in [0.29, 0.717) is 22.8 Å². The van der Waals surface area contributed by atoms with Crippen molar-refractivity contribution in [1.29, 1.82) is 0 Å². The summed E-state index contributed by atoms with van der Waals surface area (Å²) in [5.74, 6) is 0.738. The Morgan fingerprint density at radius 3 is 2.63 bits per heavy atom. The van der Waals surface area contributed by atoms with Crippen LogP contribution in [0.15, 0.2) is 48.5 Å². The molecule has 0 amide bonds. The highest BCUT2D eigenvalue weighted by atomic mass is 35.5. The third-order valence-corrected chi connectivity index (χ3v) is 4.90. The highest BCUT2D eigenvalue weighted by molar-refractivity contribution is 6.30. The summed E-state index contributed by atoms with van der Waals surface area (Å²) in [7, 11) is 0. The number of rotatable bonds is 2. The van der Waals surface area contributed by atoms with E-state index in [1.54, 1.807) is 28.9 Å².